The van der Waals surface area contributed by atoms with Crippen LogP contribution in [-0.4, -0.2) is 56.0 Å². The third-order valence-corrected chi connectivity index (χ3v) is 4.97. The summed E-state index contributed by atoms with van der Waals surface area (Å²) in [5.74, 6) is 0.492. The number of hydrogen-bond acceptors (Lipinski definition) is 4. The molecule has 0 radical (unpaired) electrons. The number of benzene rings is 2. The van der Waals surface area contributed by atoms with E-state index in [0.717, 1.165) is 30.1 Å². The Labute approximate surface area is 171 Å². The Bertz CT molecular complexity index is 859. The second-order valence-electron chi connectivity index (χ2n) is 6.96. The van der Waals surface area contributed by atoms with Gasteiger partial charge in [-0.05, 0) is 30.7 Å². The zero-order valence-electron chi connectivity index (χ0n) is 16.9. The summed E-state index contributed by atoms with van der Waals surface area (Å²) in [5, 5.41) is 2.76. The number of amides is 2. The highest BCUT2D eigenvalue weighted by molar-refractivity contribution is 5.95. The second kappa shape index (κ2) is 9.78. The monoisotopic (exact) mass is 393 g/mol. The minimum atomic E-state index is -0.569. The topological polar surface area (TPSA) is 61.9 Å². The minimum Gasteiger partial charge on any atom is -0.495 e. The molecule has 152 valence electrons. The van der Waals surface area contributed by atoms with E-state index in [9.17, 15) is 9.59 Å². The van der Waals surface area contributed by atoms with Crippen molar-refractivity contribution in [1.29, 1.82) is 0 Å². The first kappa shape index (κ1) is 20.5. The highest BCUT2D eigenvalue weighted by Gasteiger charge is 2.26. The fourth-order valence-electron chi connectivity index (χ4n) is 3.39. The van der Waals surface area contributed by atoms with E-state index in [1.165, 1.54) is 6.08 Å². The molecule has 1 saturated heterocycles. The molecule has 6 nitrogen and oxygen atoms in total. The second-order valence-corrected chi connectivity index (χ2v) is 6.96. The van der Waals surface area contributed by atoms with Gasteiger partial charge >= 0.3 is 0 Å². The number of nitrogens with zero attached hydrogens (tertiary/aromatic N) is 2. The standard InChI is InChI=1S/C23H27N3O3/c1-18(24-22(27)13-12-19-8-4-3-5-9-19)23(28)26-16-14-25(15-17-26)20-10-6-7-11-21(20)29-2/h3-13,18H,14-17H2,1-2H3,(H,24,27)/b13-12+. The van der Waals surface area contributed by atoms with Gasteiger partial charge in [0.25, 0.3) is 0 Å². The van der Waals surface area contributed by atoms with Crippen LogP contribution in [-0.2, 0) is 9.59 Å². The summed E-state index contributed by atoms with van der Waals surface area (Å²) in [6, 6.07) is 16.9. The van der Waals surface area contributed by atoms with Crippen LogP contribution in [0, 0.1) is 0 Å². The van der Waals surface area contributed by atoms with Gasteiger partial charge in [0.05, 0.1) is 12.8 Å². The molecule has 0 bridgehead atoms. The summed E-state index contributed by atoms with van der Waals surface area (Å²) in [4.78, 5) is 28.9. The van der Waals surface area contributed by atoms with Gasteiger partial charge in [0.1, 0.15) is 11.8 Å². The van der Waals surface area contributed by atoms with E-state index < -0.39 is 6.04 Å². The number of methoxy groups -OCH3 is 1. The Morgan fingerprint density at radius 1 is 1.00 bits per heavy atom. The Morgan fingerprint density at radius 2 is 1.66 bits per heavy atom. The summed E-state index contributed by atoms with van der Waals surface area (Å²) in [5.41, 5.74) is 1.98. The molecule has 0 saturated carbocycles. The SMILES string of the molecule is COc1ccccc1N1CCN(C(=O)C(C)NC(=O)/C=C/c2ccccc2)CC1. The van der Waals surface area contributed by atoms with Crippen LogP contribution in [0.2, 0.25) is 0 Å². The minimum absolute atomic E-state index is 0.0638. The van der Waals surface area contributed by atoms with Gasteiger partial charge in [-0.2, -0.15) is 0 Å². The fraction of sp³-hybridized carbons (Fsp3) is 0.304. The largest absolute Gasteiger partial charge is 0.495 e. The average molecular weight is 393 g/mol. The number of rotatable bonds is 6. The Kier molecular flexibility index (Phi) is 6.89. The number of ether oxygens (including phenoxy) is 1. The zero-order valence-corrected chi connectivity index (χ0v) is 16.9. The number of carbonyl (C=O) groups is 2. The maximum Gasteiger partial charge on any atom is 0.244 e. The third kappa shape index (κ3) is 5.38. The van der Waals surface area contributed by atoms with Crippen molar-refractivity contribution < 1.29 is 14.3 Å². The smallest absolute Gasteiger partial charge is 0.244 e. The maximum atomic E-state index is 12.7. The summed E-state index contributed by atoms with van der Waals surface area (Å²) < 4.78 is 5.43. The molecule has 2 aromatic rings. The summed E-state index contributed by atoms with van der Waals surface area (Å²) in [6.07, 6.45) is 3.19. The van der Waals surface area contributed by atoms with Gasteiger partial charge in [0, 0.05) is 32.3 Å². The van der Waals surface area contributed by atoms with Crippen LogP contribution in [0.3, 0.4) is 0 Å². The molecule has 2 amide bonds. The zero-order chi connectivity index (χ0) is 20.6. The predicted octanol–water partition coefficient (Wildman–Crippen LogP) is 2.56. The van der Waals surface area contributed by atoms with Crippen molar-refractivity contribution in [2.45, 2.75) is 13.0 Å². The van der Waals surface area contributed by atoms with E-state index in [2.05, 4.69) is 10.2 Å². The van der Waals surface area contributed by atoms with E-state index in [0.29, 0.717) is 13.1 Å². The molecule has 29 heavy (non-hydrogen) atoms. The van der Waals surface area contributed by atoms with Crippen LogP contribution in [0.4, 0.5) is 5.69 Å². The molecule has 1 unspecified atom stereocenters. The van der Waals surface area contributed by atoms with Gasteiger partial charge in [-0.15, -0.1) is 0 Å². The van der Waals surface area contributed by atoms with Gasteiger partial charge in [0.2, 0.25) is 11.8 Å². The van der Waals surface area contributed by atoms with Crippen LogP contribution >= 0.6 is 0 Å². The molecule has 1 aliphatic rings. The summed E-state index contributed by atoms with van der Waals surface area (Å²) in [6.45, 7) is 4.39. The van der Waals surface area contributed by atoms with Crippen molar-refractivity contribution >= 4 is 23.6 Å². The lowest BCUT2D eigenvalue weighted by atomic mass is 10.2. The molecule has 0 aliphatic carbocycles. The normalized spacial score (nSPS) is 15.2. The van der Waals surface area contributed by atoms with Gasteiger partial charge in [-0.25, -0.2) is 0 Å². The number of hydrogen-bond donors (Lipinski definition) is 1. The van der Waals surface area contributed by atoms with E-state index in [4.69, 9.17) is 4.74 Å². The number of para-hydroxylation sites is 2. The van der Waals surface area contributed by atoms with Gasteiger partial charge < -0.3 is 19.9 Å². The van der Waals surface area contributed by atoms with Crippen LogP contribution in [0.5, 0.6) is 5.75 Å². The molecule has 0 spiro atoms. The Balaban J connectivity index is 1.51. The molecule has 6 heteroatoms. The number of anilines is 1. The van der Waals surface area contributed by atoms with Crippen molar-refractivity contribution in [2.75, 3.05) is 38.2 Å². The molecule has 0 aromatic heterocycles. The molecule has 1 heterocycles. The van der Waals surface area contributed by atoms with Crippen molar-refractivity contribution in [2.24, 2.45) is 0 Å². The summed E-state index contributed by atoms with van der Waals surface area (Å²) >= 11 is 0. The van der Waals surface area contributed by atoms with E-state index in [1.54, 1.807) is 25.0 Å². The lowest BCUT2D eigenvalue weighted by molar-refractivity contribution is -0.135. The van der Waals surface area contributed by atoms with Gasteiger partial charge in [-0.1, -0.05) is 42.5 Å². The molecule has 3 rings (SSSR count). The van der Waals surface area contributed by atoms with Crippen LogP contribution in [0.25, 0.3) is 6.08 Å². The number of carbonyl (C=O) groups excluding carboxylic acids is 2. The van der Waals surface area contributed by atoms with Gasteiger partial charge in [-0.3, -0.25) is 9.59 Å². The molecule has 1 atom stereocenters. The Hall–Kier alpha value is -3.28. The lowest BCUT2D eigenvalue weighted by Crippen LogP contribution is -2.54. The first-order chi connectivity index (χ1) is 14.1. The van der Waals surface area contributed by atoms with Gasteiger partial charge in [0.15, 0.2) is 0 Å². The van der Waals surface area contributed by atoms with E-state index in [1.807, 2.05) is 54.6 Å². The highest BCUT2D eigenvalue weighted by atomic mass is 16.5. The van der Waals surface area contributed by atoms with E-state index >= 15 is 0 Å². The molecule has 1 fully saturated rings. The molecule has 2 aromatic carbocycles. The molecule has 1 N–H and O–H groups in total. The van der Waals surface area contributed by atoms with Crippen LogP contribution < -0.4 is 15.0 Å². The third-order valence-electron chi connectivity index (χ3n) is 4.97. The van der Waals surface area contributed by atoms with Crippen molar-refractivity contribution in [1.82, 2.24) is 10.2 Å². The first-order valence-corrected chi connectivity index (χ1v) is 9.79. The molecule has 1 aliphatic heterocycles. The maximum absolute atomic E-state index is 12.7. The van der Waals surface area contributed by atoms with Crippen LogP contribution in [0.15, 0.2) is 60.7 Å². The lowest BCUT2D eigenvalue weighted by Gasteiger charge is -2.37. The van der Waals surface area contributed by atoms with Crippen molar-refractivity contribution in [3.8, 4) is 5.75 Å². The first-order valence-electron chi connectivity index (χ1n) is 9.79. The predicted molar refractivity (Wildman–Crippen MR) is 115 cm³/mol. The van der Waals surface area contributed by atoms with E-state index in [-0.39, 0.29) is 11.8 Å². The van der Waals surface area contributed by atoms with Crippen molar-refractivity contribution in [3.05, 3.63) is 66.2 Å². The van der Waals surface area contributed by atoms with Crippen LogP contribution in [0.1, 0.15) is 12.5 Å². The summed E-state index contributed by atoms with van der Waals surface area (Å²) in [7, 11) is 1.66. The van der Waals surface area contributed by atoms with Crippen molar-refractivity contribution in [3.63, 3.8) is 0 Å². The fourth-order valence-corrected chi connectivity index (χ4v) is 3.39. The molecular weight excluding hydrogens is 366 g/mol. The average Bonchev–Trinajstić information content (AvgIpc) is 2.78. The quantitative estimate of drug-likeness (QED) is 0.767. The number of piperazine rings is 1. The molecular formula is C23H27N3O3. The Morgan fingerprint density at radius 3 is 2.34 bits per heavy atom. The number of nitrogens with one attached hydrogen (secondary N) is 1. The highest BCUT2D eigenvalue weighted by Crippen LogP contribution is 2.28.